The maximum atomic E-state index is 12.4. The number of hydrogen-bond acceptors (Lipinski definition) is 4. The van der Waals surface area contributed by atoms with Gasteiger partial charge in [-0.2, -0.15) is 0 Å². The maximum absolute atomic E-state index is 12.4. The average Bonchev–Trinajstić information content (AvgIpc) is 2.77. The topological polar surface area (TPSA) is 66.8 Å². The third kappa shape index (κ3) is 4.98. The van der Waals surface area contributed by atoms with Crippen LogP contribution >= 0.6 is 0 Å². The van der Waals surface area contributed by atoms with Gasteiger partial charge in [-0.25, -0.2) is 0 Å². The molecule has 5 nitrogen and oxygen atoms in total. The van der Waals surface area contributed by atoms with E-state index in [1.807, 2.05) is 37.3 Å². The highest BCUT2D eigenvalue weighted by Crippen LogP contribution is 2.30. The number of ketones is 1. The number of hydrogen-bond donors (Lipinski definition) is 1. The molecule has 2 aromatic rings. The molecule has 5 heteroatoms. The van der Waals surface area contributed by atoms with Crippen molar-refractivity contribution < 1.29 is 19.4 Å². The lowest BCUT2D eigenvalue weighted by molar-refractivity contribution is -0.135. The second-order valence-electron chi connectivity index (χ2n) is 7.16. The summed E-state index contributed by atoms with van der Waals surface area (Å²) in [4.78, 5) is 25.9. The fourth-order valence-electron chi connectivity index (χ4n) is 3.56. The summed E-state index contributed by atoms with van der Waals surface area (Å²) in [7, 11) is 0. The molecule has 1 fully saturated rings. The van der Waals surface area contributed by atoms with Gasteiger partial charge in [-0.3, -0.25) is 9.59 Å². The first-order chi connectivity index (χ1) is 13.6. The van der Waals surface area contributed by atoms with E-state index < -0.39 is 6.10 Å². The van der Waals surface area contributed by atoms with Crippen LogP contribution < -0.4 is 4.74 Å². The van der Waals surface area contributed by atoms with Crippen LogP contribution in [0.15, 0.2) is 54.6 Å². The van der Waals surface area contributed by atoms with Crippen molar-refractivity contribution in [2.24, 2.45) is 5.92 Å². The Bertz CT molecular complexity index is 780. The Morgan fingerprint density at radius 3 is 2.32 bits per heavy atom. The van der Waals surface area contributed by atoms with Gasteiger partial charge in [0.15, 0.2) is 12.4 Å². The van der Waals surface area contributed by atoms with E-state index in [-0.39, 0.29) is 24.2 Å². The lowest BCUT2D eigenvalue weighted by Gasteiger charge is -2.34. The van der Waals surface area contributed by atoms with Gasteiger partial charge < -0.3 is 14.7 Å². The third-order valence-corrected chi connectivity index (χ3v) is 5.34. The Morgan fingerprint density at radius 2 is 1.71 bits per heavy atom. The highest BCUT2D eigenvalue weighted by atomic mass is 16.5. The molecule has 28 heavy (non-hydrogen) atoms. The number of aliphatic hydroxyl groups excluding tert-OH is 1. The smallest absolute Gasteiger partial charge is 0.260 e. The summed E-state index contributed by atoms with van der Waals surface area (Å²) in [6, 6.07) is 16.6. The van der Waals surface area contributed by atoms with Crippen LogP contribution in [0.3, 0.4) is 0 Å². The molecule has 1 aliphatic heterocycles. The number of amides is 1. The number of Topliss-reactive ketones (excluding diaryl/α,β-unsaturated/α-hetero) is 1. The minimum absolute atomic E-state index is 0.0209. The fourth-order valence-corrected chi connectivity index (χ4v) is 3.56. The number of benzene rings is 2. The first kappa shape index (κ1) is 20.1. The molecule has 0 saturated carbocycles. The van der Waals surface area contributed by atoms with Crippen LogP contribution in [0.2, 0.25) is 0 Å². The second kappa shape index (κ2) is 9.51. The quantitative estimate of drug-likeness (QED) is 0.744. The van der Waals surface area contributed by atoms with E-state index in [0.29, 0.717) is 30.8 Å². The zero-order valence-electron chi connectivity index (χ0n) is 16.2. The van der Waals surface area contributed by atoms with Gasteiger partial charge in [0, 0.05) is 25.1 Å². The summed E-state index contributed by atoms with van der Waals surface area (Å²) in [5.41, 5.74) is 1.58. The largest absolute Gasteiger partial charge is 0.484 e. The summed E-state index contributed by atoms with van der Waals surface area (Å²) in [5, 5.41) is 10.5. The first-order valence-electron chi connectivity index (χ1n) is 9.85. The lowest BCUT2D eigenvalue weighted by atomic mass is 9.87. The molecule has 0 spiro atoms. The highest BCUT2D eigenvalue weighted by molar-refractivity contribution is 5.95. The monoisotopic (exact) mass is 381 g/mol. The summed E-state index contributed by atoms with van der Waals surface area (Å²) in [6.45, 7) is 3.06. The SMILES string of the molecule is CCC(=O)c1ccc(OCC(=O)N2CCC(C(O)c3ccccc3)CC2)cc1. The summed E-state index contributed by atoms with van der Waals surface area (Å²) in [5.74, 6) is 0.774. The second-order valence-corrected chi connectivity index (χ2v) is 7.16. The van der Waals surface area contributed by atoms with E-state index in [1.54, 1.807) is 29.2 Å². The van der Waals surface area contributed by atoms with Gasteiger partial charge in [0.1, 0.15) is 5.75 Å². The molecule has 1 N–H and O–H groups in total. The number of likely N-dealkylation sites (tertiary alicyclic amines) is 1. The molecule has 148 valence electrons. The van der Waals surface area contributed by atoms with Gasteiger partial charge in [0.25, 0.3) is 5.91 Å². The fraction of sp³-hybridized carbons (Fsp3) is 0.391. The molecule has 0 aromatic heterocycles. The normalized spacial score (nSPS) is 15.9. The predicted molar refractivity (Wildman–Crippen MR) is 107 cm³/mol. The van der Waals surface area contributed by atoms with Crippen molar-refractivity contribution in [2.45, 2.75) is 32.3 Å². The van der Waals surface area contributed by atoms with Crippen molar-refractivity contribution in [3.63, 3.8) is 0 Å². The third-order valence-electron chi connectivity index (χ3n) is 5.34. The number of piperidine rings is 1. The van der Waals surface area contributed by atoms with Crippen LogP contribution in [0.25, 0.3) is 0 Å². The van der Waals surface area contributed by atoms with Crippen LogP contribution in [0, 0.1) is 5.92 Å². The molecule has 3 rings (SSSR count). The van der Waals surface area contributed by atoms with Crippen LogP contribution in [-0.2, 0) is 4.79 Å². The van der Waals surface area contributed by atoms with E-state index in [2.05, 4.69) is 0 Å². The van der Waals surface area contributed by atoms with E-state index in [0.717, 1.165) is 18.4 Å². The number of carbonyl (C=O) groups is 2. The van der Waals surface area contributed by atoms with Crippen molar-refractivity contribution in [3.8, 4) is 5.75 Å². The van der Waals surface area contributed by atoms with Crippen LogP contribution in [-0.4, -0.2) is 41.4 Å². The molecule has 0 bridgehead atoms. The molecule has 1 heterocycles. The molecule has 1 saturated heterocycles. The van der Waals surface area contributed by atoms with E-state index in [1.165, 1.54) is 0 Å². The molecule has 0 radical (unpaired) electrons. The number of ether oxygens (including phenoxy) is 1. The van der Waals surface area contributed by atoms with E-state index in [4.69, 9.17) is 4.74 Å². The van der Waals surface area contributed by atoms with Crippen LogP contribution in [0.1, 0.15) is 48.2 Å². The Labute approximate surface area is 165 Å². The Morgan fingerprint density at radius 1 is 1.07 bits per heavy atom. The number of rotatable bonds is 7. The minimum atomic E-state index is -0.487. The molecule has 2 aromatic carbocycles. The summed E-state index contributed by atoms with van der Waals surface area (Å²) < 4.78 is 5.58. The van der Waals surface area contributed by atoms with Gasteiger partial charge in [-0.05, 0) is 48.6 Å². The lowest BCUT2D eigenvalue weighted by Crippen LogP contribution is -2.42. The van der Waals surface area contributed by atoms with Crippen LogP contribution in [0.5, 0.6) is 5.75 Å². The molecule has 1 atom stereocenters. The zero-order valence-corrected chi connectivity index (χ0v) is 16.2. The molecule has 1 amide bonds. The molecular weight excluding hydrogens is 354 g/mol. The van der Waals surface area contributed by atoms with E-state index >= 15 is 0 Å². The Balaban J connectivity index is 1.45. The number of carbonyl (C=O) groups excluding carboxylic acids is 2. The standard InChI is InChI=1S/C23H27NO4/c1-2-21(25)17-8-10-20(11-9-17)28-16-22(26)24-14-12-19(13-15-24)23(27)18-6-4-3-5-7-18/h3-11,19,23,27H,2,12-16H2,1H3. The Hall–Kier alpha value is -2.66. The summed E-state index contributed by atoms with van der Waals surface area (Å²) >= 11 is 0. The first-order valence-corrected chi connectivity index (χ1v) is 9.85. The molecule has 1 unspecified atom stereocenters. The van der Waals surface area contributed by atoms with Gasteiger partial charge in [-0.15, -0.1) is 0 Å². The number of aliphatic hydroxyl groups is 1. The van der Waals surface area contributed by atoms with Crippen molar-refractivity contribution in [1.29, 1.82) is 0 Å². The summed E-state index contributed by atoms with van der Waals surface area (Å²) in [6.07, 6.45) is 1.53. The highest BCUT2D eigenvalue weighted by Gasteiger charge is 2.28. The van der Waals surface area contributed by atoms with Crippen molar-refractivity contribution in [1.82, 2.24) is 4.90 Å². The van der Waals surface area contributed by atoms with Gasteiger partial charge >= 0.3 is 0 Å². The van der Waals surface area contributed by atoms with Gasteiger partial charge in [-0.1, -0.05) is 37.3 Å². The molecule has 0 aliphatic carbocycles. The van der Waals surface area contributed by atoms with Crippen molar-refractivity contribution in [3.05, 3.63) is 65.7 Å². The predicted octanol–water partition coefficient (Wildman–Crippen LogP) is 3.63. The van der Waals surface area contributed by atoms with Gasteiger partial charge in [0.2, 0.25) is 0 Å². The van der Waals surface area contributed by atoms with Gasteiger partial charge in [0.05, 0.1) is 6.10 Å². The molecular formula is C23H27NO4. The maximum Gasteiger partial charge on any atom is 0.260 e. The molecule has 1 aliphatic rings. The van der Waals surface area contributed by atoms with Crippen LogP contribution in [0.4, 0.5) is 0 Å². The average molecular weight is 381 g/mol. The van der Waals surface area contributed by atoms with E-state index in [9.17, 15) is 14.7 Å². The Kier molecular flexibility index (Phi) is 6.82. The van der Waals surface area contributed by atoms with Crippen molar-refractivity contribution in [2.75, 3.05) is 19.7 Å². The number of nitrogens with zero attached hydrogens (tertiary/aromatic N) is 1. The van der Waals surface area contributed by atoms with Crippen molar-refractivity contribution >= 4 is 11.7 Å². The zero-order chi connectivity index (χ0) is 19.9. The minimum Gasteiger partial charge on any atom is -0.484 e.